The minimum absolute atomic E-state index is 0.410. The zero-order valence-corrected chi connectivity index (χ0v) is 12.3. The van der Waals surface area contributed by atoms with Gasteiger partial charge in [0.2, 0.25) is 0 Å². The van der Waals surface area contributed by atoms with Gasteiger partial charge >= 0.3 is 0 Å². The first-order valence-electron chi connectivity index (χ1n) is 5.54. The molecule has 0 amide bonds. The number of thiophene rings is 1. The summed E-state index contributed by atoms with van der Waals surface area (Å²) in [5.41, 5.74) is 3.71. The first-order chi connectivity index (χ1) is 8.06. The third-order valence-electron chi connectivity index (χ3n) is 2.83. The molecule has 1 unspecified atom stereocenters. The van der Waals surface area contributed by atoms with Gasteiger partial charge in [0.1, 0.15) is 0 Å². The second-order valence-electron chi connectivity index (χ2n) is 4.32. The molecule has 1 aromatic carbocycles. The number of benzene rings is 1. The fraction of sp³-hybridized carbons (Fsp3) is 0.286. The van der Waals surface area contributed by atoms with E-state index in [2.05, 4.69) is 48.0 Å². The SMILES string of the molecule is Cc1ccc(C)c(CC(O)c2cc(Br)cs2)c1. The minimum Gasteiger partial charge on any atom is -0.387 e. The Hall–Kier alpha value is -0.640. The quantitative estimate of drug-likeness (QED) is 0.890. The topological polar surface area (TPSA) is 20.2 Å². The van der Waals surface area contributed by atoms with Gasteiger partial charge in [0.05, 0.1) is 6.10 Å². The maximum Gasteiger partial charge on any atom is 0.0922 e. The standard InChI is InChI=1S/C14H15BrOS/c1-9-3-4-10(2)11(5-9)6-13(16)14-7-12(15)8-17-14/h3-5,7-8,13,16H,6H2,1-2H3. The van der Waals surface area contributed by atoms with Crippen LogP contribution in [0, 0.1) is 13.8 Å². The normalized spacial score (nSPS) is 12.7. The molecule has 90 valence electrons. The number of aryl methyl sites for hydroxylation is 2. The molecule has 0 bridgehead atoms. The van der Waals surface area contributed by atoms with Crippen molar-refractivity contribution in [3.8, 4) is 0 Å². The lowest BCUT2D eigenvalue weighted by Crippen LogP contribution is -2.01. The molecule has 0 saturated heterocycles. The Morgan fingerprint density at radius 1 is 1.29 bits per heavy atom. The van der Waals surface area contributed by atoms with E-state index in [1.807, 2.05) is 11.4 Å². The summed E-state index contributed by atoms with van der Waals surface area (Å²) in [6.45, 7) is 4.17. The van der Waals surface area contributed by atoms with Crippen LogP contribution in [0.2, 0.25) is 0 Å². The van der Waals surface area contributed by atoms with Gasteiger partial charge in [-0.25, -0.2) is 0 Å². The lowest BCUT2D eigenvalue weighted by atomic mass is 10.00. The third kappa shape index (κ3) is 3.18. The molecule has 0 radical (unpaired) electrons. The molecule has 0 aliphatic rings. The summed E-state index contributed by atoms with van der Waals surface area (Å²) in [6.07, 6.45) is 0.271. The second-order valence-corrected chi connectivity index (χ2v) is 6.18. The molecular formula is C14H15BrOS. The van der Waals surface area contributed by atoms with Gasteiger partial charge < -0.3 is 5.11 Å². The summed E-state index contributed by atoms with van der Waals surface area (Å²) in [6, 6.07) is 8.36. The van der Waals surface area contributed by atoms with Crippen LogP contribution in [0.3, 0.4) is 0 Å². The molecule has 0 aliphatic heterocycles. The van der Waals surface area contributed by atoms with Gasteiger partial charge in [-0.2, -0.15) is 0 Å². The summed E-state index contributed by atoms with van der Waals surface area (Å²) >= 11 is 5.00. The van der Waals surface area contributed by atoms with Crippen molar-refractivity contribution in [1.82, 2.24) is 0 Å². The van der Waals surface area contributed by atoms with Gasteiger partial charge in [0, 0.05) is 21.2 Å². The van der Waals surface area contributed by atoms with Crippen LogP contribution in [0.5, 0.6) is 0 Å². The predicted octanol–water partition coefficient (Wildman–Crippen LogP) is 4.40. The summed E-state index contributed by atoms with van der Waals surface area (Å²) in [5, 5.41) is 12.2. The van der Waals surface area contributed by atoms with Crippen LogP contribution >= 0.6 is 27.3 Å². The van der Waals surface area contributed by atoms with E-state index in [1.54, 1.807) is 11.3 Å². The largest absolute Gasteiger partial charge is 0.387 e. The van der Waals surface area contributed by atoms with Gasteiger partial charge in [-0.05, 0) is 47.0 Å². The maximum atomic E-state index is 10.2. The van der Waals surface area contributed by atoms with Crippen LogP contribution in [-0.4, -0.2) is 5.11 Å². The van der Waals surface area contributed by atoms with Gasteiger partial charge in [-0.3, -0.25) is 0 Å². The predicted molar refractivity (Wildman–Crippen MR) is 76.6 cm³/mol. The molecule has 0 saturated carbocycles. The first kappa shape index (κ1) is 12.8. The highest BCUT2D eigenvalue weighted by Crippen LogP contribution is 2.28. The van der Waals surface area contributed by atoms with E-state index in [1.165, 1.54) is 16.7 Å². The molecular weight excluding hydrogens is 296 g/mol. The number of aliphatic hydroxyl groups is 1. The Bertz CT molecular complexity index is 519. The van der Waals surface area contributed by atoms with Crippen LogP contribution in [0.15, 0.2) is 34.1 Å². The van der Waals surface area contributed by atoms with Crippen molar-refractivity contribution >= 4 is 27.3 Å². The smallest absolute Gasteiger partial charge is 0.0922 e. The molecule has 1 nitrogen and oxygen atoms in total. The molecule has 1 N–H and O–H groups in total. The molecule has 0 aliphatic carbocycles. The van der Waals surface area contributed by atoms with Crippen LogP contribution in [0.25, 0.3) is 0 Å². The van der Waals surface area contributed by atoms with E-state index in [-0.39, 0.29) is 0 Å². The second kappa shape index (κ2) is 5.34. The zero-order valence-electron chi connectivity index (χ0n) is 9.90. The molecule has 1 atom stereocenters. The van der Waals surface area contributed by atoms with E-state index in [9.17, 15) is 5.11 Å². The van der Waals surface area contributed by atoms with E-state index in [0.717, 1.165) is 9.35 Å². The fourth-order valence-corrected chi connectivity index (χ4v) is 3.26. The fourth-order valence-electron chi connectivity index (χ4n) is 1.83. The number of halogens is 1. The van der Waals surface area contributed by atoms with Crippen molar-refractivity contribution in [2.75, 3.05) is 0 Å². The summed E-state index contributed by atoms with van der Waals surface area (Å²) in [7, 11) is 0. The maximum absolute atomic E-state index is 10.2. The molecule has 3 heteroatoms. The monoisotopic (exact) mass is 310 g/mol. The lowest BCUT2D eigenvalue weighted by molar-refractivity contribution is 0.182. The molecule has 2 rings (SSSR count). The average Bonchev–Trinajstić information content (AvgIpc) is 2.70. The Morgan fingerprint density at radius 3 is 2.71 bits per heavy atom. The number of hydrogen-bond acceptors (Lipinski definition) is 2. The molecule has 1 heterocycles. The van der Waals surface area contributed by atoms with Crippen molar-refractivity contribution in [2.45, 2.75) is 26.4 Å². The van der Waals surface area contributed by atoms with E-state index in [0.29, 0.717) is 6.42 Å². The Labute approximate surface area is 114 Å². The van der Waals surface area contributed by atoms with Crippen molar-refractivity contribution in [2.24, 2.45) is 0 Å². The van der Waals surface area contributed by atoms with E-state index >= 15 is 0 Å². The molecule has 0 fully saturated rings. The Morgan fingerprint density at radius 2 is 2.06 bits per heavy atom. The highest BCUT2D eigenvalue weighted by molar-refractivity contribution is 9.10. The molecule has 0 spiro atoms. The van der Waals surface area contributed by atoms with Gasteiger partial charge in [0.15, 0.2) is 0 Å². The van der Waals surface area contributed by atoms with Crippen molar-refractivity contribution in [3.05, 3.63) is 55.7 Å². The molecule has 1 aromatic heterocycles. The highest BCUT2D eigenvalue weighted by atomic mass is 79.9. The van der Waals surface area contributed by atoms with Crippen LogP contribution in [-0.2, 0) is 6.42 Å². The first-order valence-corrected chi connectivity index (χ1v) is 7.21. The summed E-state index contributed by atoms with van der Waals surface area (Å²) < 4.78 is 1.04. The Balaban J connectivity index is 2.18. The van der Waals surface area contributed by atoms with Crippen LogP contribution < -0.4 is 0 Å². The Kier molecular flexibility index (Phi) is 4.02. The minimum atomic E-state index is -0.410. The molecule has 2 aromatic rings. The number of rotatable bonds is 3. The molecule has 17 heavy (non-hydrogen) atoms. The third-order valence-corrected chi connectivity index (χ3v) is 4.63. The van der Waals surface area contributed by atoms with Gasteiger partial charge in [-0.1, -0.05) is 23.8 Å². The zero-order chi connectivity index (χ0) is 12.4. The van der Waals surface area contributed by atoms with Crippen LogP contribution in [0.4, 0.5) is 0 Å². The van der Waals surface area contributed by atoms with E-state index < -0.39 is 6.10 Å². The summed E-state index contributed by atoms with van der Waals surface area (Å²) in [5.74, 6) is 0. The van der Waals surface area contributed by atoms with Gasteiger partial charge in [0.25, 0.3) is 0 Å². The van der Waals surface area contributed by atoms with Crippen molar-refractivity contribution in [3.63, 3.8) is 0 Å². The van der Waals surface area contributed by atoms with Gasteiger partial charge in [-0.15, -0.1) is 11.3 Å². The van der Waals surface area contributed by atoms with Crippen molar-refractivity contribution in [1.29, 1.82) is 0 Å². The van der Waals surface area contributed by atoms with E-state index in [4.69, 9.17) is 0 Å². The van der Waals surface area contributed by atoms with Crippen molar-refractivity contribution < 1.29 is 5.11 Å². The van der Waals surface area contributed by atoms with Crippen LogP contribution in [0.1, 0.15) is 27.7 Å². The number of aliphatic hydroxyl groups excluding tert-OH is 1. The number of hydrogen-bond donors (Lipinski definition) is 1. The average molecular weight is 311 g/mol. The lowest BCUT2D eigenvalue weighted by Gasteiger charge is -2.11. The summed E-state index contributed by atoms with van der Waals surface area (Å²) in [4.78, 5) is 1.01. The highest BCUT2D eigenvalue weighted by Gasteiger charge is 2.12.